The fourth-order valence-electron chi connectivity index (χ4n) is 1.95. The second kappa shape index (κ2) is 5.27. The Morgan fingerprint density at radius 2 is 1.83 bits per heavy atom. The Morgan fingerprint density at radius 1 is 1.06 bits per heavy atom. The molecule has 2 aromatic carbocycles. The van der Waals surface area contributed by atoms with Gasteiger partial charge in [-0.15, -0.1) is 0 Å². The summed E-state index contributed by atoms with van der Waals surface area (Å²) in [5.41, 5.74) is 8.86. The highest BCUT2D eigenvalue weighted by Gasteiger charge is 2.10. The summed E-state index contributed by atoms with van der Waals surface area (Å²) in [7, 11) is 0. The summed E-state index contributed by atoms with van der Waals surface area (Å²) in [4.78, 5) is 0. The standard InChI is InChI=1S/C15H15F2N/c1-10-3-2-4-11(7-10)8-15(18)12-5-6-13(16)14(17)9-12/h2-7,9,15H,8,18H2,1H3. The molecule has 2 aromatic rings. The van der Waals surface area contributed by atoms with Crippen molar-refractivity contribution >= 4 is 0 Å². The number of hydrogen-bond acceptors (Lipinski definition) is 1. The molecule has 2 rings (SSSR count). The van der Waals surface area contributed by atoms with Gasteiger partial charge >= 0.3 is 0 Å². The fraction of sp³-hybridized carbons (Fsp3) is 0.200. The molecule has 2 N–H and O–H groups in total. The van der Waals surface area contributed by atoms with Gasteiger partial charge in [0.25, 0.3) is 0 Å². The Hall–Kier alpha value is -1.74. The third-order valence-corrected chi connectivity index (χ3v) is 2.91. The van der Waals surface area contributed by atoms with Gasteiger partial charge in [-0.3, -0.25) is 0 Å². The van der Waals surface area contributed by atoms with E-state index >= 15 is 0 Å². The number of aryl methyl sites for hydroxylation is 1. The number of rotatable bonds is 3. The molecule has 1 atom stereocenters. The van der Waals surface area contributed by atoms with Crippen molar-refractivity contribution in [3.8, 4) is 0 Å². The van der Waals surface area contributed by atoms with Crippen LogP contribution < -0.4 is 5.73 Å². The van der Waals surface area contributed by atoms with Gasteiger partial charge in [0.05, 0.1) is 0 Å². The molecule has 18 heavy (non-hydrogen) atoms. The van der Waals surface area contributed by atoms with Crippen LogP contribution in [0.3, 0.4) is 0 Å². The summed E-state index contributed by atoms with van der Waals surface area (Å²) in [6.45, 7) is 2.01. The second-order valence-electron chi connectivity index (χ2n) is 4.47. The van der Waals surface area contributed by atoms with Crippen LogP contribution in [0.15, 0.2) is 42.5 Å². The number of benzene rings is 2. The average molecular weight is 247 g/mol. The van der Waals surface area contributed by atoms with Crippen molar-refractivity contribution in [2.24, 2.45) is 5.73 Å². The topological polar surface area (TPSA) is 26.0 Å². The monoisotopic (exact) mass is 247 g/mol. The second-order valence-corrected chi connectivity index (χ2v) is 4.47. The van der Waals surface area contributed by atoms with Gasteiger partial charge in [-0.25, -0.2) is 8.78 Å². The van der Waals surface area contributed by atoms with Gasteiger partial charge in [0.2, 0.25) is 0 Å². The Balaban J connectivity index is 2.16. The first-order valence-electron chi connectivity index (χ1n) is 5.82. The Labute approximate surface area is 105 Å². The Morgan fingerprint density at radius 3 is 2.50 bits per heavy atom. The molecule has 0 amide bonds. The molecule has 0 aliphatic rings. The summed E-state index contributed by atoms with van der Waals surface area (Å²) in [5.74, 6) is -1.70. The van der Waals surface area contributed by atoms with Crippen LogP contribution in [0.1, 0.15) is 22.7 Å². The molecule has 1 nitrogen and oxygen atoms in total. The summed E-state index contributed by atoms with van der Waals surface area (Å²) in [6.07, 6.45) is 0.604. The highest BCUT2D eigenvalue weighted by Crippen LogP contribution is 2.19. The van der Waals surface area contributed by atoms with Gasteiger partial charge in [-0.2, -0.15) is 0 Å². The van der Waals surface area contributed by atoms with E-state index < -0.39 is 11.6 Å². The van der Waals surface area contributed by atoms with Crippen molar-refractivity contribution in [2.45, 2.75) is 19.4 Å². The van der Waals surface area contributed by atoms with Crippen LogP contribution in [-0.2, 0) is 6.42 Å². The van der Waals surface area contributed by atoms with E-state index in [2.05, 4.69) is 0 Å². The van der Waals surface area contributed by atoms with Crippen molar-refractivity contribution in [1.82, 2.24) is 0 Å². The maximum Gasteiger partial charge on any atom is 0.159 e. The minimum Gasteiger partial charge on any atom is -0.324 e. The third-order valence-electron chi connectivity index (χ3n) is 2.91. The first kappa shape index (κ1) is 12.7. The minimum absolute atomic E-state index is 0.332. The zero-order valence-electron chi connectivity index (χ0n) is 10.2. The summed E-state index contributed by atoms with van der Waals surface area (Å²) in [5, 5.41) is 0. The van der Waals surface area contributed by atoms with Crippen LogP contribution in [0.25, 0.3) is 0 Å². The van der Waals surface area contributed by atoms with Crippen LogP contribution in [0, 0.1) is 18.6 Å². The van der Waals surface area contributed by atoms with Crippen LogP contribution in [-0.4, -0.2) is 0 Å². The van der Waals surface area contributed by atoms with Gasteiger partial charge < -0.3 is 5.73 Å². The van der Waals surface area contributed by atoms with Crippen molar-refractivity contribution < 1.29 is 8.78 Å². The molecule has 0 aliphatic heterocycles. The molecule has 94 valence electrons. The van der Waals surface area contributed by atoms with Crippen LogP contribution in [0.4, 0.5) is 8.78 Å². The lowest BCUT2D eigenvalue weighted by Crippen LogP contribution is -2.13. The summed E-state index contributed by atoms with van der Waals surface area (Å²) in [6, 6.07) is 11.5. The summed E-state index contributed by atoms with van der Waals surface area (Å²) < 4.78 is 25.9. The van der Waals surface area contributed by atoms with Crippen molar-refractivity contribution in [3.63, 3.8) is 0 Å². The van der Waals surface area contributed by atoms with E-state index in [1.807, 2.05) is 31.2 Å². The zero-order chi connectivity index (χ0) is 13.1. The van der Waals surface area contributed by atoms with Gasteiger partial charge in [0, 0.05) is 6.04 Å². The number of halogens is 2. The van der Waals surface area contributed by atoms with E-state index in [1.54, 1.807) is 0 Å². The molecule has 0 aliphatic carbocycles. The highest BCUT2D eigenvalue weighted by atomic mass is 19.2. The van der Waals surface area contributed by atoms with E-state index in [9.17, 15) is 8.78 Å². The van der Waals surface area contributed by atoms with E-state index in [0.717, 1.165) is 23.3 Å². The fourth-order valence-corrected chi connectivity index (χ4v) is 1.95. The Bertz CT molecular complexity index is 552. The molecule has 0 aromatic heterocycles. The third kappa shape index (κ3) is 2.93. The van der Waals surface area contributed by atoms with E-state index in [0.29, 0.717) is 12.0 Å². The highest BCUT2D eigenvalue weighted by molar-refractivity contribution is 5.27. The Kier molecular flexibility index (Phi) is 3.72. The maximum atomic E-state index is 13.1. The number of nitrogens with two attached hydrogens (primary N) is 1. The predicted molar refractivity (Wildman–Crippen MR) is 68.2 cm³/mol. The van der Waals surface area contributed by atoms with Gasteiger partial charge in [0.1, 0.15) is 0 Å². The molecule has 0 radical (unpaired) electrons. The van der Waals surface area contributed by atoms with E-state index in [-0.39, 0.29) is 6.04 Å². The molecule has 0 bridgehead atoms. The van der Waals surface area contributed by atoms with E-state index in [1.165, 1.54) is 6.07 Å². The lowest BCUT2D eigenvalue weighted by atomic mass is 9.98. The lowest BCUT2D eigenvalue weighted by molar-refractivity contribution is 0.505. The molecular weight excluding hydrogens is 232 g/mol. The quantitative estimate of drug-likeness (QED) is 0.882. The molecule has 0 saturated heterocycles. The average Bonchev–Trinajstić information content (AvgIpc) is 2.32. The van der Waals surface area contributed by atoms with Gasteiger partial charge in [0.15, 0.2) is 11.6 Å². The normalized spacial score (nSPS) is 12.4. The van der Waals surface area contributed by atoms with Crippen LogP contribution in [0.2, 0.25) is 0 Å². The lowest BCUT2D eigenvalue weighted by Gasteiger charge is -2.12. The van der Waals surface area contributed by atoms with Gasteiger partial charge in [-0.1, -0.05) is 35.9 Å². The predicted octanol–water partition coefficient (Wildman–Crippen LogP) is 3.52. The van der Waals surface area contributed by atoms with Crippen LogP contribution >= 0.6 is 0 Å². The molecule has 0 heterocycles. The molecule has 0 saturated carbocycles. The minimum atomic E-state index is -0.854. The smallest absolute Gasteiger partial charge is 0.159 e. The molecule has 3 heteroatoms. The first-order valence-corrected chi connectivity index (χ1v) is 5.82. The maximum absolute atomic E-state index is 13.1. The molecule has 0 spiro atoms. The van der Waals surface area contributed by atoms with Crippen LogP contribution in [0.5, 0.6) is 0 Å². The molecular formula is C15H15F2N. The summed E-state index contributed by atoms with van der Waals surface area (Å²) >= 11 is 0. The first-order chi connectivity index (χ1) is 8.56. The van der Waals surface area contributed by atoms with Gasteiger partial charge in [-0.05, 0) is 36.6 Å². The molecule has 0 fully saturated rings. The zero-order valence-corrected chi connectivity index (χ0v) is 10.2. The van der Waals surface area contributed by atoms with E-state index in [4.69, 9.17) is 5.73 Å². The van der Waals surface area contributed by atoms with Crippen molar-refractivity contribution in [1.29, 1.82) is 0 Å². The van der Waals surface area contributed by atoms with Crippen molar-refractivity contribution in [3.05, 3.63) is 70.8 Å². The van der Waals surface area contributed by atoms with Crippen molar-refractivity contribution in [2.75, 3.05) is 0 Å². The largest absolute Gasteiger partial charge is 0.324 e. The number of hydrogen-bond donors (Lipinski definition) is 1. The molecule has 1 unspecified atom stereocenters. The SMILES string of the molecule is Cc1cccc(CC(N)c2ccc(F)c(F)c2)c1.